The maximum atomic E-state index is 10.7. The summed E-state index contributed by atoms with van der Waals surface area (Å²) in [5.41, 5.74) is 2.65. The minimum atomic E-state index is -0.887. The van der Waals surface area contributed by atoms with Gasteiger partial charge >= 0.3 is 5.97 Å². The van der Waals surface area contributed by atoms with Gasteiger partial charge in [-0.1, -0.05) is 18.2 Å². The van der Waals surface area contributed by atoms with Crippen molar-refractivity contribution in [1.82, 2.24) is 0 Å². The van der Waals surface area contributed by atoms with Crippen LogP contribution in [-0.4, -0.2) is 24.3 Å². The lowest BCUT2D eigenvalue weighted by atomic mass is 10.0. The summed E-state index contributed by atoms with van der Waals surface area (Å²) in [7, 11) is 0. The van der Waals surface area contributed by atoms with Crippen LogP contribution in [0.1, 0.15) is 22.3 Å². The summed E-state index contributed by atoms with van der Waals surface area (Å²) in [5, 5.41) is 8.75. The molecule has 0 fully saturated rings. The van der Waals surface area contributed by atoms with E-state index in [1.54, 1.807) is 12.1 Å². The molecule has 1 N–H and O–H groups in total. The van der Waals surface area contributed by atoms with Gasteiger partial charge in [0.05, 0.1) is 18.8 Å². The number of hydrogen-bond acceptors (Lipinski definition) is 2. The summed E-state index contributed by atoms with van der Waals surface area (Å²) in [4.78, 5) is 10.7. The molecule has 78 valence electrons. The number of rotatable bonds is 2. The van der Waals surface area contributed by atoms with Crippen LogP contribution in [0.5, 0.6) is 0 Å². The minimum absolute atomic E-state index is 0.325. The Kier molecular flexibility index (Phi) is 2.83. The molecule has 0 bridgehead atoms. The SMILES string of the molecule is O=C(O)c1ccc(C2=CCOCC2)cc1. The van der Waals surface area contributed by atoms with Gasteiger partial charge in [0.1, 0.15) is 0 Å². The third-order valence-electron chi connectivity index (χ3n) is 2.47. The lowest BCUT2D eigenvalue weighted by molar-refractivity contribution is 0.0697. The second-order valence-corrected chi connectivity index (χ2v) is 3.44. The highest BCUT2D eigenvalue weighted by molar-refractivity contribution is 5.88. The van der Waals surface area contributed by atoms with E-state index in [-0.39, 0.29) is 0 Å². The predicted molar refractivity (Wildman–Crippen MR) is 56.8 cm³/mol. The van der Waals surface area contributed by atoms with E-state index in [1.165, 1.54) is 5.57 Å². The van der Waals surface area contributed by atoms with Crippen LogP contribution in [0.2, 0.25) is 0 Å². The van der Waals surface area contributed by atoms with Crippen molar-refractivity contribution in [2.24, 2.45) is 0 Å². The van der Waals surface area contributed by atoms with Crippen molar-refractivity contribution in [3.05, 3.63) is 41.5 Å². The lowest BCUT2D eigenvalue weighted by Gasteiger charge is -2.13. The molecule has 0 aromatic heterocycles. The molecule has 0 saturated heterocycles. The van der Waals surface area contributed by atoms with Gasteiger partial charge in [-0.15, -0.1) is 0 Å². The van der Waals surface area contributed by atoms with Gasteiger partial charge in [0, 0.05) is 0 Å². The van der Waals surface area contributed by atoms with Crippen molar-refractivity contribution in [1.29, 1.82) is 0 Å². The van der Waals surface area contributed by atoms with Crippen molar-refractivity contribution in [3.63, 3.8) is 0 Å². The standard InChI is InChI=1S/C12H12O3/c13-12(14)11-3-1-9(2-4-11)10-5-7-15-8-6-10/h1-5H,6-8H2,(H,13,14). The van der Waals surface area contributed by atoms with E-state index in [9.17, 15) is 4.79 Å². The second-order valence-electron chi connectivity index (χ2n) is 3.44. The molecule has 3 heteroatoms. The zero-order chi connectivity index (χ0) is 10.7. The highest BCUT2D eigenvalue weighted by atomic mass is 16.5. The molecule has 0 saturated carbocycles. The molecule has 3 nitrogen and oxygen atoms in total. The van der Waals surface area contributed by atoms with E-state index in [2.05, 4.69) is 0 Å². The topological polar surface area (TPSA) is 46.5 Å². The van der Waals surface area contributed by atoms with Gasteiger partial charge < -0.3 is 9.84 Å². The molecule has 1 aromatic carbocycles. The third-order valence-corrected chi connectivity index (χ3v) is 2.47. The summed E-state index contributed by atoms with van der Waals surface area (Å²) in [5.74, 6) is -0.887. The fourth-order valence-corrected chi connectivity index (χ4v) is 1.62. The Morgan fingerprint density at radius 3 is 2.53 bits per heavy atom. The van der Waals surface area contributed by atoms with Crippen molar-refractivity contribution < 1.29 is 14.6 Å². The maximum Gasteiger partial charge on any atom is 0.335 e. The first kappa shape index (κ1) is 9.93. The van der Waals surface area contributed by atoms with Crippen LogP contribution in [-0.2, 0) is 4.74 Å². The van der Waals surface area contributed by atoms with E-state index >= 15 is 0 Å². The zero-order valence-corrected chi connectivity index (χ0v) is 8.27. The quantitative estimate of drug-likeness (QED) is 0.803. The molecule has 1 heterocycles. The van der Waals surface area contributed by atoms with Gasteiger partial charge in [-0.25, -0.2) is 4.79 Å². The summed E-state index contributed by atoms with van der Waals surface area (Å²) in [6.45, 7) is 1.39. The summed E-state index contributed by atoms with van der Waals surface area (Å²) >= 11 is 0. The highest BCUT2D eigenvalue weighted by Gasteiger charge is 2.07. The first-order valence-corrected chi connectivity index (χ1v) is 4.88. The normalized spacial score (nSPS) is 15.9. The first-order valence-electron chi connectivity index (χ1n) is 4.88. The Morgan fingerprint density at radius 2 is 2.00 bits per heavy atom. The summed E-state index contributed by atoms with van der Waals surface area (Å²) in [6.07, 6.45) is 2.94. The average Bonchev–Trinajstić information content (AvgIpc) is 2.30. The van der Waals surface area contributed by atoms with E-state index in [0.717, 1.165) is 18.6 Å². The molecule has 1 aromatic rings. The van der Waals surface area contributed by atoms with Crippen molar-refractivity contribution in [2.75, 3.05) is 13.2 Å². The number of aromatic carboxylic acids is 1. The molecule has 1 aliphatic rings. The van der Waals surface area contributed by atoms with E-state index in [4.69, 9.17) is 9.84 Å². The maximum absolute atomic E-state index is 10.7. The first-order chi connectivity index (χ1) is 7.27. The molecule has 0 atom stereocenters. The van der Waals surface area contributed by atoms with E-state index < -0.39 is 5.97 Å². The smallest absolute Gasteiger partial charge is 0.335 e. The molecular weight excluding hydrogens is 192 g/mol. The van der Waals surface area contributed by atoms with Crippen LogP contribution < -0.4 is 0 Å². The van der Waals surface area contributed by atoms with Gasteiger partial charge in [-0.2, -0.15) is 0 Å². The molecule has 0 spiro atoms. The number of hydrogen-bond donors (Lipinski definition) is 1. The van der Waals surface area contributed by atoms with Crippen molar-refractivity contribution in [2.45, 2.75) is 6.42 Å². The largest absolute Gasteiger partial charge is 0.478 e. The Morgan fingerprint density at radius 1 is 1.27 bits per heavy atom. The van der Waals surface area contributed by atoms with E-state index in [0.29, 0.717) is 12.2 Å². The average molecular weight is 204 g/mol. The summed E-state index contributed by atoms with van der Waals surface area (Å²) in [6, 6.07) is 6.96. The van der Waals surface area contributed by atoms with Crippen molar-refractivity contribution in [3.8, 4) is 0 Å². The molecule has 0 aliphatic carbocycles. The molecular formula is C12H12O3. The van der Waals surface area contributed by atoms with Crippen LogP contribution in [0.4, 0.5) is 0 Å². The predicted octanol–water partition coefficient (Wildman–Crippen LogP) is 2.19. The van der Waals surface area contributed by atoms with Crippen LogP contribution >= 0.6 is 0 Å². The number of carboxylic acid groups (broad SMARTS) is 1. The highest BCUT2D eigenvalue weighted by Crippen LogP contribution is 2.21. The fourth-order valence-electron chi connectivity index (χ4n) is 1.62. The van der Waals surface area contributed by atoms with Gasteiger partial charge in [0.15, 0.2) is 0 Å². The van der Waals surface area contributed by atoms with Gasteiger partial charge in [-0.05, 0) is 29.7 Å². The van der Waals surface area contributed by atoms with Gasteiger partial charge in [0.2, 0.25) is 0 Å². The summed E-state index contributed by atoms with van der Waals surface area (Å²) < 4.78 is 5.21. The van der Waals surface area contributed by atoms with Crippen LogP contribution in [0.15, 0.2) is 30.3 Å². The Bertz CT molecular complexity index is 390. The fraction of sp³-hybridized carbons (Fsp3) is 0.250. The second kappa shape index (κ2) is 4.28. The minimum Gasteiger partial charge on any atom is -0.478 e. The lowest BCUT2D eigenvalue weighted by Crippen LogP contribution is -2.04. The molecule has 0 unspecified atom stereocenters. The van der Waals surface area contributed by atoms with Crippen molar-refractivity contribution >= 4 is 11.5 Å². The Labute approximate surface area is 88.0 Å². The number of carboxylic acids is 1. The molecule has 0 radical (unpaired) electrons. The van der Waals surface area contributed by atoms with Crippen LogP contribution in [0.3, 0.4) is 0 Å². The van der Waals surface area contributed by atoms with Crippen LogP contribution in [0, 0.1) is 0 Å². The monoisotopic (exact) mass is 204 g/mol. The third kappa shape index (κ3) is 2.25. The van der Waals surface area contributed by atoms with Crippen LogP contribution in [0.25, 0.3) is 5.57 Å². The Hall–Kier alpha value is -1.61. The zero-order valence-electron chi connectivity index (χ0n) is 8.27. The number of benzene rings is 1. The molecule has 1 aliphatic heterocycles. The number of carbonyl (C=O) groups is 1. The molecule has 15 heavy (non-hydrogen) atoms. The molecule has 2 rings (SSSR count). The molecule has 0 amide bonds. The van der Waals surface area contributed by atoms with Gasteiger partial charge in [0.25, 0.3) is 0 Å². The van der Waals surface area contributed by atoms with E-state index in [1.807, 2.05) is 18.2 Å². The van der Waals surface area contributed by atoms with Gasteiger partial charge in [-0.3, -0.25) is 0 Å². The number of ether oxygens (including phenoxy) is 1. The Balaban J connectivity index is 2.23.